The molecule has 0 fully saturated rings. The highest BCUT2D eigenvalue weighted by molar-refractivity contribution is 7.10. The van der Waals surface area contributed by atoms with E-state index in [2.05, 4.69) is 32.2 Å². The molecular formula is C16H16ClN3OS2. The highest BCUT2D eigenvalue weighted by Gasteiger charge is 2.17. The molecule has 0 radical (unpaired) electrons. The number of benzene rings is 1. The first-order chi connectivity index (χ1) is 11.3. The summed E-state index contributed by atoms with van der Waals surface area (Å²) in [6.07, 6.45) is 0.722. The summed E-state index contributed by atoms with van der Waals surface area (Å²) in [6, 6.07) is 12.1. The molecule has 3 aromatic rings. The summed E-state index contributed by atoms with van der Waals surface area (Å²) in [5, 5.41) is 7.10. The van der Waals surface area contributed by atoms with E-state index in [1.165, 1.54) is 16.4 Å². The largest absolute Gasteiger partial charge is 0.384 e. The van der Waals surface area contributed by atoms with Gasteiger partial charge in [0, 0.05) is 35.0 Å². The Bertz CT molecular complexity index is 728. The number of hydrogen-bond acceptors (Lipinski definition) is 6. The molecule has 1 N–H and O–H groups in total. The molecule has 0 bridgehead atoms. The van der Waals surface area contributed by atoms with Crippen LogP contribution in [0.1, 0.15) is 22.3 Å². The molecule has 3 rings (SSSR count). The Balaban J connectivity index is 1.82. The number of aromatic nitrogens is 2. The number of hydrogen-bond donors (Lipinski definition) is 1. The van der Waals surface area contributed by atoms with Crippen molar-refractivity contribution in [1.82, 2.24) is 9.36 Å². The van der Waals surface area contributed by atoms with Crippen LogP contribution in [0.5, 0.6) is 0 Å². The molecule has 1 atom stereocenters. The molecule has 0 amide bonds. The number of nitrogens with zero attached hydrogens (tertiary/aromatic N) is 2. The molecule has 0 saturated heterocycles. The maximum absolute atomic E-state index is 6.00. The predicted octanol–water partition coefficient (Wildman–Crippen LogP) is 4.64. The van der Waals surface area contributed by atoms with Crippen molar-refractivity contribution in [2.24, 2.45) is 0 Å². The Morgan fingerprint density at radius 1 is 1.26 bits per heavy atom. The van der Waals surface area contributed by atoms with E-state index in [4.69, 9.17) is 16.3 Å². The van der Waals surface area contributed by atoms with Gasteiger partial charge in [0.1, 0.15) is 5.82 Å². The highest BCUT2D eigenvalue weighted by Crippen LogP contribution is 2.31. The van der Waals surface area contributed by atoms with E-state index >= 15 is 0 Å². The van der Waals surface area contributed by atoms with Gasteiger partial charge in [-0.25, -0.2) is 4.98 Å². The van der Waals surface area contributed by atoms with Crippen molar-refractivity contribution < 1.29 is 4.74 Å². The van der Waals surface area contributed by atoms with Gasteiger partial charge < -0.3 is 10.1 Å². The zero-order chi connectivity index (χ0) is 16.1. The smallest absolute Gasteiger partial charge is 0.203 e. The van der Waals surface area contributed by atoms with Crippen LogP contribution >= 0.6 is 34.5 Å². The minimum atomic E-state index is 0.0375. The lowest BCUT2D eigenvalue weighted by Gasteiger charge is -2.17. The van der Waals surface area contributed by atoms with E-state index in [9.17, 15) is 0 Å². The maximum atomic E-state index is 6.00. The van der Waals surface area contributed by atoms with E-state index in [1.807, 2.05) is 24.3 Å². The SMILES string of the molecule is COCCc1nsc(NC(c2ccc(Cl)cc2)c2cccs2)n1. The van der Waals surface area contributed by atoms with Crippen LogP contribution in [-0.4, -0.2) is 23.1 Å². The second-order valence-electron chi connectivity index (χ2n) is 4.90. The highest BCUT2D eigenvalue weighted by atomic mass is 35.5. The molecule has 7 heteroatoms. The molecule has 0 saturated carbocycles. The summed E-state index contributed by atoms with van der Waals surface area (Å²) in [5.41, 5.74) is 1.14. The van der Waals surface area contributed by atoms with Gasteiger partial charge in [-0.3, -0.25) is 0 Å². The number of thiophene rings is 1. The average molecular weight is 366 g/mol. The van der Waals surface area contributed by atoms with Crippen molar-refractivity contribution in [3.8, 4) is 0 Å². The number of ether oxygens (including phenoxy) is 1. The summed E-state index contributed by atoms with van der Waals surface area (Å²) < 4.78 is 9.44. The molecule has 0 aliphatic carbocycles. The Hall–Kier alpha value is -1.47. The van der Waals surface area contributed by atoms with Crippen LogP contribution in [0.3, 0.4) is 0 Å². The van der Waals surface area contributed by atoms with Crippen LogP contribution in [-0.2, 0) is 11.2 Å². The third kappa shape index (κ3) is 4.29. The monoisotopic (exact) mass is 365 g/mol. The Morgan fingerprint density at radius 3 is 2.78 bits per heavy atom. The second-order valence-corrected chi connectivity index (χ2v) is 7.07. The van der Waals surface area contributed by atoms with Gasteiger partial charge in [0.2, 0.25) is 5.13 Å². The van der Waals surface area contributed by atoms with Crippen molar-refractivity contribution in [2.75, 3.05) is 19.0 Å². The zero-order valence-corrected chi connectivity index (χ0v) is 14.9. The number of nitrogens with one attached hydrogen (secondary N) is 1. The molecule has 1 unspecified atom stereocenters. The zero-order valence-electron chi connectivity index (χ0n) is 12.5. The number of rotatable bonds is 7. The van der Waals surface area contributed by atoms with Crippen LogP contribution in [0.25, 0.3) is 0 Å². The van der Waals surface area contributed by atoms with Crippen molar-refractivity contribution in [2.45, 2.75) is 12.5 Å². The van der Waals surface area contributed by atoms with Crippen molar-refractivity contribution >= 4 is 39.6 Å². The molecule has 1 aromatic carbocycles. The Labute approximate surface area is 148 Å². The second kappa shape index (κ2) is 7.88. The lowest BCUT2D eigenvalue weighted by molar-refractivity contribution is 0.201. The average Bonchev–Trinajstić information content (AvgIpc) is 3.23. The summed E-state index contributed by atoms with van der Waals surface area (Å²) in [7, 11) is 1.68. The van der Waals surface area contributed by atoms with Gasteiger partial charge in [-0.2, -0.15) is 4.37 Å². The standard InChI is InChI=1S/C16H16ClN3OS2/c1-21-9-8-14-18-16(23-20-14)19-15(13-3-2-10-22-13)11-4-6-12(17)7-5-11/h2-7,10,15H,8-9H2,1H3,(H,18,19,20). The third-order valence-corrected chi connectivity index (χ3v) is 5.17. The number of halogens is 1. The molecule has 2 heterocycles. The minimum Gasteiger partial charge on any atom is -0.384 e. The minimum absolute atomic E-state index is 0.0375. The quantitative estimate of drug-likeness (QED) is 0.662. The fraction of sp³-hybridized carbons (Fsp3) is 0.250. The van der Waals surface area contributed by atoms with Gasteiger partial charge in [-0.15, -0.1) is 11.3 Å². The maximum Gasteiger partial charge on any atom is 0.203 e. The fourth-order valence-corrected chi connectivity index (χ4v) is 3.73. The summed E-state index contributed by atoms with van der Waals surface area (Å²) in [5.74, 6) is 0.806. The van der Waals surface area contributed by atoms with E-state index in [0.717, 1.165) is 28.0 Å². The Kier molecular flexibility index (Phi) is 5.61. The summed E-state index contributed by atoms with van der Waals surface area (Å²) >= 11 is 9.09. The molecule has 4 nitrogen and oxygen atoms in total. The predicted molar refractivity (Wildman–Crippen MR) is 96.7 cm³/mol. The molecule has 120 valence electrons. The van der Waals surface area contributed by atoms with Crippen molar-refractivity contribution in [1.29, 1.82) is 0 Å². The van der Waals surface area contributed by atoms with E-state index < -0.39 is 0 Å². The first kappa shape index (κ1) is 16.4. The van der Waals surface area contributed by atoms with Gasteiger partial charge in [-0.05, 0) is 29.1 Å². The lowest BCUT2D eigenvalue weighted by Crippen LogP contribution is -2.11. The van der Waals surface area contributed by atoms with E-state index in [-0.39, 0.29) is 6.04 Å². The molecular weight excluding hydrogens is 350 g/mol. The molecule has 0 aliphatic rings. The summed E-state index contributed by atoms with van der Waals surface area (Å²) in [4.78, 5) is 5.76. The van der Waals surface area contributed by atoms with Crippen molar-refractivity contribution in [3.05, 3.63) is 63.1 Å². The molecule has 0 spiro atoms. The molecule has 0 aliphatic heterocycles. The van der Waals surface area contributed by atoms with Gasteiger partial charge in [0.05, 0.1) is 12.6 Å². The first-order valence-corrected chi connectivity index (χ1v) is 9.16. The lowest BCUT2D eigenvalue weighted by atomic mass is 10.1. The van der Waals surface area contributed by atoms with Gasteiger partial charge >= 0.3 is 0 Å². The normalized spacial score (nSPS) is 12.3. The van der Waals surface area contributed by atoms with Gasteiger partial charge in [0.15, 0.2) is 0 Å². The van der Waals surface area contributed by atoms with Crippen LogP contribution in [0.4, 0.5) is 5.13 Å². The Morgan fingerprint density at radius 2 is 2.09 bits per heavy atom. The first-order valence-electron chi connectivity index (χ1n) is 7.13. The number of anilines is 1. The van der Waals surface area contributed by atoms with Crippen LogP contribution in [0.15, 0.2) is 41.8 Å². The van der Waals surface area contributed by atoms with E-state index in [1.54, 1.807) is 18.4 Å². The molecule has 2 aromatic heterocycles. The summed E-state index contributed by atoms with van der Waals surface area (Å²) in [6.45, 7) is 0.627. The third-order valence-electron chi connectivity index (χ3n) is 3.30. The number of methoxy groups -OCH3 is 1. The van der Waals surface area contributed by atoms with Gasteiger partial charge in [0.25, 0.3) is 0 Å². The van der Waals surface area contributed by atoms with Crippen LogP contribution < -0.4 is 5.32 Å². The van der Waals surface area contributed by atoms with Crippen molar-refractivity contribution in [3.63, 3.8) is 0 Å². The fourth-order valence-electron chi connectivity index (χ4n) is 2.16. The molecule has 23 heavy (non-hydrogen) atoms. The van der Waals surface area contributed by atoms with E-state index in [0.29, 0.717) is 6.61 Å². The van der Waals surface area contributed by atoms with Crippen LogP contribution in [0, 0.1) is 0 Å². The topological polar surface area (TPSA) is 47.0 Å². The van der Waals surface area contributed by atoms with Gasteiger partial charge in [-0.1, -0.05) is 29.8 Å². The van der Waals surface area contributed by atoms with Crippen LogP contribution in [0.2, 0.25) is 5.02 Å².